The van der Waals surface area contributed by atoms with Crippen molar-refractivity contribution in [3.63, 3.8) is 0 Å². The minimum absolute atomic E-state index is 0.0233. The first-order valence-electron chi connectivity index (χ1n) is 10.7. The maximum absolute atomic E-state index is 14.1. The number of para-hydroxylation sites is 1. The second-order valence-corrected chi connectivity index (χ2v) is 8.29. The number of nitrogens with one attached hydrogen (secondary N) is 2. The van der Waals surface area contributed by atoms with Gasteiger partial charge in [0.1, 0.15) is 11.4 Å². The molecule has 174 valence electrons. The lowest BCUT2D eigenvalue weighted by Gasteiger charge is -2.42. The van der Waals surface area contributed by atoms with E-state index in [4.69, 9.17) is 20.8 Å². The number of anilines is 1. The minimum atomic E-state index is -1.48. The molecule has 7 nitrogen and oxygen atoms in total. The number of ether oxygens (including phenoxy) is 1. The second-order valence-electron chi connectivity index (χ2n) is 7.91. The van der Waals surface area contributed by atoms with Crippen LogP contribution in [0.25, 0.3) is 11.0 Å². The number of halogens is 2. The Morgan fingerprint density at radius 1 is 1.30 bits per heavy atom. The molecule has 2 heterocycles. The molecular weight excluding hydrogens is 449 g/mol. The van der Waals surface area contributed by atoms with Crippen molar-refractivity contribution in [1.29, 1.82) is 0 Å². The molecule has 2 aromatic carbocycles. The number of carbonyl (C=O) groups is 2. The summed E-state index contributed by atoms with van der Waals surface area (Å²) in [7, 11) is 1.52. The third-order valence-corrected chi connectivity index (χ3v) is 6.52. The van der Waals surface area contributed by atoms with E-state index in [2.05, 4.69) is 10.6 Å². The SMILES string of the molecule is CCC1(N(CCOC)C(=O)c2oc3ccccc3c2C)Nc2ccc(F)c(Cl)c2CNC1=O. The second kappa shape index (κ2) is 9.03. The molecule has 2 N–H and O–H groups in total. The summed E-state index contributed by atoms with van der Waals surface area (Å²) in [5, 5.41) is 6.74. The van der Waals surface area contributed by atoms with Gasteiger partial charge in [0.15, 0.2) is 11.4 Å². The summed E-state index contributed by atoms with van der Waals surface area (Å²) in [5.41, 5.74) is 0.677. The van der Waals surface area contributed by atoms with Crippen LogP contribution < -0.4 is 10.6 Å². The van der Waals surface area contributed by atoms with Crippen LogP contribution in [-0.4, -0.2) is 42.6 Å². The van der Waals surface area contributed by atoms with Gasteiger partial charge in [-0.2, -0.15) is 0 Å². The van der Waals surface area contributed by atoms with Gasteiger partial charge >= 0.3 is 0 Å². The highest BCUT2D eigenvalue weighted by Gasteiger charge is 2.48. The molecule has 2 amide bonds. The van der Waals surface area contributed by atoms with Crippen LogP contribution >= 0.6 is 11.6 Å². The quantitative estimate of drug-likeness (QED) is 0.552. The number of methoxy groups -OCH3 is 1. The van der Waals surface area contributed by atoms with Crippen molar-refractivity contribution < 1.29 is 23.1 Å². The zero-order chi connectivity index (χ0) is 23.8. The molecule has 0 bridgehead atoms. The Morgan fingerprint density at radius 3 is 2.76 bits per heavy atom. The Balaban J connectivity index is 1.84. The van der Waals surface area contributed by atoms with Crippen LogP contribution in [0, 0.1) is 12.7 Å². The lowest BCUT2D eigenvalue weighted by Crippen LogP contribution is -2.64. The van der Waals surface area contributed by atoms with Crippen molar-refractivity contribution in [2.75, 3.05) is 25.6 Å². The number of carbonyl (C=O) groups excluding carboxylic acids is 2. The summed E-state index contributed by atoms with van der Waals surface area (Å²) in [6.45, 7) is 3.94. The van der Waals surface area contributed by atoms with Gasteiger partial charge in [-0.1, -0.05) is 36.7 Å². The van der Waals surface area contributed by atoms with Crippen LogP contribution in [0.5, 0.6) is 0 Å². The normalized spacial score (nSPS) is 17.8. The zero-order valence-electron chi connectivity index (χ0n) is 18.6. The summed E-state index contributed by atoms with van der Waals surface area (Å²) >= 11 is 6.17. The Bertz CT molecular complexity index is 1230. The lowest BCUT2D eigenvalue weighted by atomic mass is 10.0. The summed E-state index contributed by atoms with van der Waals surface area (Å²) in [5.74, 6) is -1.32. The average Bonchev–Trinajstić information content (AvgIpc) is 3.08. The van der Waals surface area contributed by atoms with Crippen molar-refractivity contribution in [2.45, 2.75) is 32.5 Å². The Labute approximate surface area is 195 Å². The predicted molar refractivity (Wildman–Crippen MR) is 124 cm³/mol. The molecule has 0 fully saturated rings. The Kier molecular flexibility index (Phi) is 6.32. The molecule has 0 saturated carbocycles. The van der Waals surface area contributed by atoms with Gasteiger partial charge in [-0.25, -0.2) is 4.39 Å². The summed E-state index contributed by atoms with van der Waals surface area (Å²) in [6, 6.07) is 10.1. The van der Waals surface area contributed by atoms with Crippen molar-refractivity contribution in [1.82, 2.24) is 10.2 Å². The molecular formula is C24H25ClFN3O4. The predicted octanol–water partition coefficient (Wildman–Crippen LogP) is 4.47. The van der Waals surface area contributed by atoms with E-state index in [1.807, 2.05) is 25.1 Å². The highest BCUT2D eigenvalue weighted by atomic mass is 35.5. The third-order valence-electron chi connectivity index (χ3n) is 6.11. The van der Waals surface area contributed by atoms with Crippen molar-refractivity contribution in [3.05, 3.63) is 64.1 Å². The molecule has 1 aromatic heterocycles. The van der Waals surface area contributed by atoms with Crippen LogP contribution in [0.1, 0.15) is 35.0 Å². The molecule has 0 aliphatic carbocycles. The van der Waals surface area contributed by atoms with Crippen molar-refractivity contribution in [3.8, 4) is 0 Å². The molecule has 3 aromatic rings. The van der Waals surface area contributed by atoms with E-state index in [0.717, 1.165) is 5.39 Å². The molecule has 33 heavy (non-hydrogen) atoms. The summed E-state index contributed by atoms with van der Waals surface area (Å²) in [6.07, 6.45) is 0.224. The van der Waals surface area contributed by atoms with Crippen LogP contribution in [0.2, 0.25) is 5.02 Å². The molecule has 0 spiro atoms. The van der Waals surface area contributed by atoms with Crippen LogP contribution in [-0.2, 0) is 16.1 Å². The first-order valence-corrected chi connectivity index (χ1v) is 11.0. The number of hydrogen-bond donors (Lipinski definition) is 2. The first kappa shape index (κ1) is 23.1. The fourth-order valence-electron chi connectivity index (χ4n) is 4.26. The largest absolute Gasteiger partial charge is 0.451 e. The van der Waals surface area contributed by atoms with Gasteiger partial charge in [0.05, 0.1) is 11.6 Å². The third kappa shape index (κ3) is 3.83. The number of aryl methyl sites for hydroxylation is 1. The van der Waals surface area contributed by atoms with Crippen LogP contribution in [0.4, 0.5) is 10.1 Å². The van der Waals surface area contributed by atoms with Crippen molar-refractivity contribution in [2.24, 2.45) is 0 Å². The smallest absolute Gasteiger partial charge is 0.292 e. The monoisotopic (exact) mass is 473 g/mol. The highest BCUT2D eigenvalue weighted by molar-refractivity contribution is 6.32. The number of nitrogens with zero attached hydrogens (tertiary/aromatic N) is 1. The van der Waals surface area contributed by atoms with Gasteiger partial charge in [0.2, 0.25) is 0 Å². The van der Waals surface area contributed by atoms with Gasteiger partial charge < -0.3 is 24.7 Å². The fourth-order valence-corrected chi connectivity index (χ4v) is 4.49. The summed E-state index contributed by atoms with van der Waals surface area (Å²) in [4.78, 5) is 28.7. The number of furan rings is 1. The number of amides is 2. The van der Waals surface area contributed by atoms with Crippen LogP contribution in [0.3, 0.4) is 0 Å². The average molecular weight is 474 g/mol. The van der Waals surface area contributed by atoms with Crippen molar-refractivity contribution >= 4 is 40.1 Å². The lowest BCUT2D eigenvalue weighted by molar-refractivity contribution is -0.131. The van der Waals surface area contributed by atoms with E-state index in [0.29, 0.717) is 22.4 Å². The maximum Gasteiger partial charge on any atom is 0.292 e. The molecule has 1 unspecified atom stereocenters. The number of rotatable bonds is 6. The van der Waals surface area contributed by atoms with E-state index in [-0.39, 0.29) is 36.9 Å². The highest BCUT2D eigenvalue weighted by Crippen LogP contribution is 2.35. The van der Waals surface area contributed by atoms with E-state index >= 15 is 0 Å². The number of fused-ring (bicyclic) bond motifs is 2. The van der Waals surface area contributed by atoms with Gasteiger partial charge in [-0.05, 0) is 31.5 Å². The topological polar surface area (TPSA) is 83.8 Å². The maximum atomic E-state index is 14.1. The van der Waals surface area contributed by atoms with E-state index in [9.17, 15) is 14.0 Å². The van der Waals surface area contributed by atoms with E-state index < -0.39 is 23.3 Å². The standard InChI is InChI=1S/C24H25ClFN3O4/c1-4-24(23(31)27-13-16-18(28-24)10-9-17(26)20(16)25)29(11-12-32-3)22(30)21-14(2)15-7-5-6-8-19(15)33-21/h5-10,28H,4,11-13H2,1-3H3,(H,27,31). The van der Waals surface area contributed by atoms with Gasteiger partial charge in [-0.15, -0.1) is 0 Å². The molecule has 1 aliphatic rings. The van der Waals surface area contributed by atoms with Gasteiger partial charge in [0.25, 0.3) is 11.8 Å². The van der Waals surface area contributed by atoms with Crippen LogP contribution in [0.15, 0.2) is 40.8 Å². The molecule has 0 saturated heterocycles. The molecule has 4 rings (SSSR count). The Morgan fingerprint density at radius 2 is 2.06 bits per heavy atom. The fraction of sp³-hybridized carbons (Fsp3) is 0.333. The Hall–Kier alpha value is -3.10. The zero-order valence-corrected chi connectivity index (χ0v) is 19.4. The summed E-state index contributed by atoms with van der Waals surface area (Å²) < 4.78 is 25.2. The minimum Gasteiger partial charge on any atom is -0.451 e. The molecule has 0 radical (unpaired) electrons. The van der Waals surface area contributed by atoms with E-state index in [1.165, 1.54) is 24.1 Å². The van der Waals surface area contributed by atoms with Gasteiger partial charge in [0, 0.05) is 42.4 Å². The first-order chi connectivity index (χ1) is 15.8. The molecule has 1 atom stereocenters. The number of benzene rings is 2. The number of hydrogen-bond acceptors (Lipinski definition) is 5. The molecule has 1 aliphatic heterocycles. The van der Waals surface area contributed by atoms with E-state index in [1.54, 1.807) is 13.0 Å². The molecule has 9 heteroatoms. The van der Waals surface area contributed by atoms with Gasteiger partial charge in [-0.3, -0.25) is 9.59 Å².